The van der Waals surface area contributed by atoms with E-state index in [9.17, 15) is 19.4 Å². The molecule has 9 heteroatoms. The third-order valence-corrected chi connectivity index (χ3v) is 16.0. The molecule has 0 heterocycles. The van der Waals surface area contributed by atoms with Crippen molar-refractivity contribution in [1.29, 1.82) is 0 Å². The summed E-state index contributed by atoms with van der Waals surface area (Å²) in [7, 11) is 1.58. The second-order valence-electron chi connectivity index (χ2n) is 23.8. The minimum Gasteiger partial charge on any atom is -0.387 e. The average molecular weight is 1100 g/mol. The number of hydrogen-bond acceptors (Lipinski definition) is 5. The fourth-order valence-corrected chi connectivity index (χ4v) is 10.6. The van der Waals surface area contributed by atoms with E-state index in [1.165, 1.54) is 231 Å². The maximum atomic E-state index is 13.0. The van der Waals surface area contributed by atoms with E-state index in [0.29, 0.717) is 17.4 Å². The molecular formula is C68H130N2O6P+. The van der Waals surface area contributed by atoms with Crippen LogP contribution in [0.3, 0.4) is 0 Å². The molecule has 77 heavy (non-hydrogen) atoms. The summed E-state index contributed by atoms with van der Waals surface area (Å²) in [6, 6.07) is -0.850. The third kappa shape index (κ3) is 61.7. The molecule has 3 unspecified atom stereocenters. The maximum absolute atomic E-state index is 13.0. The SMILES string of the molecule is CC/C=C\C/C=C\C/C=C\C/C=C\CCCCCCCCCCCCCCCCC(=O)NC(COP(=O)(O)OCC[N+](C)(C)C)C(O)/C=C/CCCCCCCCCCCCCCCCCCCCCCCCCCCC. The zero-order valence-electron chi connectivity index (χ0n) is 51.7. The van der Waals surface area contributed by atoms with Crippen LogP contribution in [-0.2, 0) is 18.4 Å². The number of amides is 1. The number of phosphoric ester groups is 1. The lowest BCUT2D eigenvalue weighted by Crippen LogP contribution is -2.45. The smallest absolute Gasteiger partial charge is 0.387 e. The standard InChI is InChI=1S/C68H129N2O6P/c1-6-8-10-12-14-16-18-20-22-24-26-28-30-32-34-36-37-39-41-43-45-47-49-51-53-55-57-59-61-67(71)66(65-76-77(73,74)75-64-63-70(3,4)5)69-68(72)62-60-58-56-54-52-50-48-46-44-42-40-38-35-33-31-29-27-25-23-21-19-17-15-13-11-9-7-2/h9,11,15,17,21,23,27,29,59,61,66-67,71H,6-8,10,12-14,16,18-20,22,24-26,28,30-58,60,62-65H2,1-5H3,(H-,69,72,73,74)/p+1/b11-9-,17-15-,23-21-,29-27-,61-59+. The Hall–Kier alpha value is -1.80. The normalized spacial score (nSPS) is 14.1. The van der Waals surface area contributed by atoms with Crippen molar-refractivity contribution in [3.63, 3.8) is 0 Å². The Bertz CT molecular complexity index is 1440. The monoisotopic (exact) mass is 1100 g/mol. The van der Waals surface area contributed by atoms with Crippen molar-refractivity contribution in [2.24, 2.45) is 0 Å². The van der Waals surface area contributed by atoms with E-state index >= 15 is 0 Å². The number of quaternary nitrogens is 1. The highest BCUT2D eigenvalue weighted by Crippen LogP contribution is 2.43. The van der Waals surface area contributed by atoms with Crippen LogP contribution < -0.4 is 5.32 Å². The molecule has 0 aromatic rings. The molecule has 3 N–H and O–H groups in total. The van der Waals surface area contributed by atoms with Crippen LogP contribution in [0.5, 0.6) is 0 Å². The van der Waals surface area contributed by atoms with Crippen molar-refractivity contribution < 1.29 is 32.9 Å². The number of nitrogens with one attached hydrogen (secondary N) is 1. The molecule has 0 fully saturated rings. The molecule has 0 rings (SSSR count). The van der Waals surface area contributed by atoms with Gasteiger partial charge in [-0.25, -0.2) is 4.57 Å². The van der Waals surface area contributed by atoms with Crippen LogP contribution in [0.25, 0.3) is 0 Å². The van der Waals surface area contributed by atoms with Crippen molar-refractivity contribution in [2.45, 2.75) is 328 Å². The van der Waals surface area contributed by atoms with Crippen molar-refractivity contribution in [3.05, 3.63) is 60.8 Å². The molecule has 0 aliphatic carbocycles. The molecule has 0 aromatic heterocycles. The summed E-state index contributed by atoms with van der Waals surface area (Å²) in [5, 5.41) is 14.0. The van der Waals surface area contributed by atoms with Gasteiger partial charge in [0.05, 0.1) is 39.9 Å². The summed E-state index contributed by atoms with van der Waals surface area (Å²) < 4.78 is 23.8. The van der Waals surface area contributed by atoms with E-state index in [1.54, 1.807) is 6.08 Å². The molecule has 0 spiro atoms. The van der Waals surface area contributed by atoms with E-state index < -0.39 is 20.0 Å². The van der Waals surface area contributed by atoms with Crippen molar-refractivity contribution in [3.8, 4) is 0 Å². The van der Waals surface area contributed by atoms with Crippen LogP contribution in [0, 0.1) is 0 Å². The number of unbranched alkanes of at least 4 members (excludes halogenated alkanes) is 40. The third-order valence-electron chi connectivity index (χ3n) is 15.0. The molecule has 0 aromatic carbocycles. The molecule has 0 aliphatic rings. The Kier molecular flexibility index (Phi) is 57.5. The first kappa shape index (κ1) is 75.2. The van der Waals surface area contributed by atoms with Crippen LogP contribution >= 0.6 is 7.82 Å². The molecule has 0 saturated carbocycles. The van der Waals surface area contributed by atoms with E-state index in [1.807, 2.05) is 27.2 Å². The van der Waals surface area contributed by atoms with Gasteiger partial charge in [0, 0.05) is 6.42 Å². The van der Waals surface area contributed by atoms with Gasteiger partial charge in [-0.1, -0.05) is 312 Å². The molecule has 0 aliphatic heterocycles. The Morgan fingerprint density at radius 3 is 1.14 bits per heavy atom. The number of allylic oxidation sites excluding steroid dienone is 9. The van der Waals surface area contributed by atoms with Gasteiger partial charge in [-0.15, -0.1) is 0 Å². The summed E-state index contributed by atoms with van der Waals surface area (Å²) in [6.07, 6.45) is 80.6. The molecule has 452 valence electrons. The second-order valence-corrected chi connectivity index (χ2v) is 25.3. The Labute approximate surface area is 479 Å². The first-order valence-electron chi connectivity index (χ1n) is 33.2. The summed E-state index contributed by atoms with van der Waals surface area (Å²) >= 11 is 0. The number of carbonyl (C=O) groups is 1. The first-order chi connectivity index (χ1) is 37.5. The number of nitrogens with zero attached hydrogens (tertiary/aromatic N) is 1. The minimum absolute atomic E-state index is 0.0609. The van der Waals surface area contributed by atoms with Crippen LogP contribution in [0.15, 0.2) is 60.8 Å². The van der Waals surface area contributed by atoms with Crippen LogP contribution in [0.4, 0.5) is 0 Å². The average Bonchev–Trinajstić information content (AvgIpc) is 3.39. The minimum atomic E-state index is -4.35. The predicted molar refractivity (Wildman–Crippen MR) is 337 cm³/mol. The van der Waals surface area contributed by atoms with Gasteiger partial charge in [0.25, 0.3) is 0 Å². The van der Waals surface area contributed by atoms with Gasteiger partial charge in [-0.05, 0) is 57.8 Å². The van der Waals surface area contributed by atoms with Crippen molar-refractivity contribution in [2.75, 3.05) is 40.9 Å². The highest BCUT2D eigenvalue weighted by atomic mass is 31.2. The van der Waals surface area contributed by atoms with Gasteiger partial charge in [-0.2, -0.15) is 0 Å². The summed E-state index contributed by atoms with van der Waals surface area (Å²) in [5.41, 5.74) is 0. The quantitative estimate of drug-likeness (QED) is 0.0243. The second kappa shape index (κ2) is 58.8. The van der Waals surface area contributed by atoms with Gasteiger partial charge < -0.3 is 19.8 Å². The molecule has 0 bridgehead atoms. The highest BCUT2D eigenvalue weighted by molar-refractivity contribution is 7.47. The van der Waals surface area contributed by atoms with Gasteiger partial charge in [0.2, 0.25) is 5.91 Å². The van der Waals surface area contributed by atoms with Crippen LogP contribution in [0.1, 0.15) is 316 Å². The van der Waals surface area contributed by atoms with E-state index in [2.05, 4.69) is 67.8 Å². The Morgan fingerprint density at radius 1 is 0.455 bits per heavy atom. The fraction of sp³-hybridized carbons (Fsp3) is 0.838. The maximum Gasteiger partial charge on any atom is 0.472 e. The summed E-state index contributed by atoms with van der Waals surface area (Å²) in [6.45, 7) is 4.74. The predicted octanol–water partition coefficient (Wildman–Crippen LogP) is 20.8. The van der Waals surface area contributed by atoms with E-state index in [0.717, 1.165) is 64.2 Å². The number of aliphatic hydroxyl groups excluding tert-OH is 1. The molecule has 0 saturated heterocycles. The fourth-order valence-electron chi connectivity index (χ4n) is 9.86. The Balaban J connectivity index is 4.11. The van der Waals surface area contributed by atoms with Crippen LogP contribution in [0.2, 0.25) is 0 Å². The first-order valence-corrected chi connectivity index (χ1v) is 34.7. The number of carbonyl (C=O) groups excluding carboxylic acids is 1. The summed E-state index contributed by atoms with van der Waals surface area (Å²) in [5.74, 6) is -0.175. The van der Waals surface area contributed by atoms with E-state index in [-0.39, 0.29) is 19.1 Å². The number of phosphoric acid groups is 1. The molecule has 0 radical (unpaired) electrons. The van der Waals surface area contributed by atoms with Crippen molar-refractivity contribution in [1.82, 2.24) is 5.32 Å². The van der Waals surface area contributed by atoms with Gasteiger partial charge in [-0.3, -0.25) is 13.8 Å². The zero-order valence-corrected chi connectivity index (χ0v) is 52.6. The number of rotatable bonds is 61. The lowest BCUT2D eigenvalue weighted by molar-refractivity contribution is -0.870. The molecule has 3 atom stereocenters. The van der Waals surface area contributed by atoms with Crippen LogP contribution in [-0.4, -0.2) is 73.4 Å². The van der Waals surface area contributed by atoms with Gasteiger partial charge >= 0.3 is 7.82 Å². The number of hydrogen-bond donors (Lipinski definition) is 3. The number of aliphatic hydroxyl groups is 1. The van der Waals surface area contributed by atoms with Crippen molar-refractivity contribution >= 4 is 13.7 Å². The topological polar surface area (TPSA) is 105 Å². The number of likely N-dealkylation sites (N-methyl/N-ethyl adjacent to an activating group) is 1. The Morgan fingerprint density at radius 2 is 0.779 bits per heavy atom. The molecular weight excluding hydrogens is 972 g/mol. The lowest BCUT2D eigenvalue weighted by atomic mass is 10.0. The lowest BCUT2D eigenvalue weighted by Gasteiger charge is -2.25. The van der Waals surface area contributed by atoms with Gasteiger partial charge in [0.15, 0.2) is 0 Å². The highest BCUT2D eigenvalue weighted by Gasteiger charge is 2.28. The van der Waals surface area contributed by atoms with Gasteiger partial charge in [0.1, 0.15) is 13.2 Å². The largest absolute Gasteiger partial charge is 0.472 e. The zero-order chi connectivity index (χ0) is 56.3. The summed E-state index contributed by atoms with van der Waals surface area (Å²) in [4.78, 5) is 23.4. The molecule has 8 nitrogen and oxygen atoms in total. The van der Waals surface area contributed by atoms with E-state index in [4.69, 9.17) is 9.05 Å². The molecule has 1 amide bonds.